The van der Waals surface area contributed by atoms with Gasteiger partial charge in [-0.2, -0.15) is 13.2 Å². The summed E-state index contributed by atoms with van der Waals surface area (Å²) in [5, 5.41) is 0. The summed E-state index contributed by atoms with van der Waals surface area (Å²) in [4.78, 5) is 11.2. The minimum absolute atomic E-state index is 0.0395. The van der Waals surface area contributed by atoms with E-state index in [2.05, 4.69) is 0 Å². The van der Waals surface area contributed by atoms with Gasteiger partial charge in [-0.15, -0.1) is 0 Å². The standard InChI is InChI=1S/C9H16F3NO/c1-6(7(2)13)8(14)4-3-5-9(10,11)12/h6-7H,3-5,13H2,1-2H3. The highest BCUT2D eigenvalue weighted by atomic mass is 19.4. The number of hydrogen-bond acceptors (Lipinski definition) is 2. The van der Waals surface area contributed by atoms with Crippen LogP contribution in [0.3, 0.4) is 0 Å². The van der Waals surface area contributed by atoms with Crippen LogP contribution >= 0.6 is 0 Å². The minimum atomic E-state index is -4.17. The average Bonchev–Trinajstić information content (AvgIpc) is 2.00. The Morgan fingerprint density at radius 2 is 1.86 bits per heavy atom. The Balaban J connectivity index is 3.75. The smallest absolute Gasteiger partial charge is 0.327 e. The van der Waals surface area contributed by atoms with Crippen molar-refractivity contribution in [3.05, 3.63) is 0 Å². The van der Waals surface area contributed by atoms with Crippen molar-refractivity contribution >= 4 is 5.78 Å². The van der Waals surface area contributed by atoms with Crippen molar-refractivity contribution in [3.63, 3.8) is 0 Å². The van der Waals surface area contributed by atoms with Gasteiger partial charge in [0.1, 0.15) is 5.78 Å². The molecule has 0 aliphatic heterocycles. The van der Waals surface area contributed by atoms with Crippen molar-refractivity contribution in [2.45, 2.75) is 45.3 Å². The molecule has 0 spiro atoms. The number of hydrogen-bond donors (Lipinski definition) is 1. The molecule has 0 aromatic rings. The maximum atomic E-state index is 11.7. The van der Waals surface area contributed by atoms with Crippen LogP contribution in [0.4, 0.5) is 13.2 Å². The van der Waals surface area contributed by atoms with Gasteiger partial charge < -0.3 is 5.73 Å². The highest BCUT2D eigenvalue weighted by Crippen LogP contribution is 2.22. The summed E-state index contributed by atoms with van der Waals surface area (Å²) in [6.45, 7) is 3.31. The first-order valence-electron chi connectivity index (χ1n) is 4.59. The summed E-state index contributed by atoms with van der Waals surface area (Å²) in [7, 11) is 0. The van der Waals surface area contributed by atoms with Crippen molar-refractivity contribution < 1.29 is 18.0 Å². The Bertz CT molecular complexity index is 189. The molecule has 0 amide bonds. The molecular weight excluding hydrogens is 195 g/mol. The molecule has 0 saturated heterocycles. The summed E-state index contributed by atoms with van der Waals surface area (Å²) in [5.74, 6) is -0.549. The van der Waals surface area contributed by atoms with E-state index in [0.717, 1.165) is 0 Å². The van der Waals surface area contributed by atoms with Crippen LogP contribution in [-0.2, 0) is 4.79 Å². The van der Waals surface area contributed by atoms with Crippen molar-refractivity contribution in [3.8, 4) is 0 Å². The predicted octanol–water partition coefficient (Wildman–Crippen LogP) is 2.27. The normalized spacial score (nSPS) is 16.4. The van der Waals surface area contributed by atoms with Gasteiger partial charge in [-0.1, -0.05) is 6.92 Å². The Kier molecular flexibility index (Phi) is 5.12. The second-order valence-electron chi connectivity index (χ2n) is 3.58. The zero-order valence-electron chi connectivity index (χ0n) is 8.40. The molecule has 0 aliphatic carbocycles. The van der Waals surface area contributed by atoms with E-state index in [9.17, 15) is 18.0 Å². The van der Waals surface area contributed by atoms with E-state index < -0.39 is 12.6 Å². The molecule has 84 valence electrons. The van der Waals surface area contributed by atoms with Crippen LogP contribution in [0, 0.1) is 5.92 Å². The van der Waals surface area contributed by atoms with Gasteiger partial charge in [0.25, 0.3) is 0 Å². The summed E-state index contributed by atoms with van der Waals surface area (Å²) in [6, 6.07) is -0.298. The van der Waals surface area contributed by atoms with E-state index in [4.69, 9.17) is 5.73 Å². The van der Waals surface area contributed by atoms with Crippen molar-refractivity contribution in [2.24, 2.45) is 11.7 Å². The van der Waals surface area contributed by atoms with Crippen LogP contribution in [0.5, 0.6) is 0 Å². The first-order valence-corrected chi connectivity index (χ1v) is 4.59. The molecule has 0 saturated carbocycles. The van der Waals surface area contributed by atoms with Crippen LogP contribution in [0.25, 0.3) is 0 Å². The first-order chi connectivity index (χ1) is 6.24. The molecule has 2 N–H and O–H groups in total. The maximum absolute atomic E-state index is 11.7. The van der Waals surface area contributed by atoms with Crippen molar-refractivity contribution in [1.82, 2.24) is 0 Å². The Morgan fingerprint density at radius 1 is 1.36 bits per heavy atom. The molecule has 14 heavy (non-hydrogen) atoms. The number of halogens is 3. The topological polar surface area (TPSA) is 43.1 Å². The Hall–Kier alpha value is -0.580. The molecule has 0 radical (unpaired) electrons. The van der Waals surface area contributed by atoms with Crippen LogP contribution in [0.15, 0.2) is 0 Å². The van der Waals surface area contributed by atoms with Crippen LogP contribution in [-0.4, -0.2) is 18.0 Å². The van der Waals surface area contributed by atoms with Gasteiger partial charge in [0, 0.05) is 24.8 Å². The lowest BCUT2D eigenvalue weighted by molar-refractivity contribution is -0.137. The van der Waals surface area contributed by atoms with Crippen LogP contribution in [0.2, 0.25) is 0 Å². The Labute approximate surface area is 81.7 Å². The number of ketones is 1. The molecule has 0 rings (SSSR count). The molecule has 0 bridgehead atoms. The van der Waals surface area contributed by atoms with E-state index in [1.165, 1.54) is 0 Å². The molecule has 2 nitrogen and oxygen atoms in total. The molecular formula is C9H16F3NO. The quantitative estimate of drug-likeness (QED) is 0.758. The van der Waals surface area contributed by atoms with Gasteiger partial charge in [0.05, 0.1) is 0 Å². The lowest BCUT2D eigenvalue weighted by atomic mass is 9.95. The number of carbonyl (C=O) groups is 1. The monoisotopic (exact) mass is 211 g/mol. The van der Waals surface area contributed by atoms with Crippen molar-refractivity contribution in [2.75, 3.05) is 0 Å². The molecule has 5 heteroatoms. The van der Waals surface area contributed by atoms with Gasteiger partial charge in [0.15, 0.2) is 0 Å². The fourth-order valence-electron chi connectivity index (χ4n) is 0.984. The summed E-state index contributed by atoms with van der Waals surface area (Å²) in [6.07, 6.45) is -5.25. The van der Waals surface area contributed by atoms with E-state index in [-0.39, 0.29) is 30.6 Å². The number of carbonyl (C=O) groups excluding carboxylic acids is 1. The molecule has 2 unspecified atom stereocenters. The molecule has 0 heterocycles. The second-order valence-corrected chi connectivity index (χ2v) is 3.58. The summed E-state index contributed by atoms with van der Waals surface area (Å²) in [5.41, 5.74) is 5.45. The largest absolute Gasteiger partial charge is 0.389 e. The zero-order chi connectivity index (χ0) is 11.4. The highest BCUT2D eigenvalue weighted by molar-refractivity contribution is 5.81. The van der Waals surface area contributed by atoms with E-state index in [1.54, 1.807) is 13.8 Å². The van der Waals surface area contributed by atoms with Crippen LogP contribution < -0.4 is 5.73 Å². The minimum Gasteiger partial charge on any atom is -0.327 e. The van der Waals surface area contributed by atoms with Gasteiger partial charge in [-0.3, -0.25) is 4.79 Å². The first kappa shape index (κ1) is 13.4. The lowest BCUT2D eigenvalue weighted by Gasteiger charge is -2.14. The molecule has 0 aromatic carbocycles. The predicted molar refractivity (Wildman–Crippen MR) is 47.7 cm³/mol. The van der Waals surface area contributed by atoms with E-state index in [1.807, 2.05) is 0 Å². The number of nitrogens with two attached hydrogens (primary N) is 1. The zero-order valence-corrected chi connectivity index (χ0v) is 8.40. The molecule has 2 atom stereocenters. The van der Waals surface area contributed by atoms with Gasteiger partial charge in [0.2, 0.25) is 0 Å². The van der Waals surface area contributed by atoms with Gasteiger partial charge >= 0.3 is 6.18 Å². The SMILES string of the molecule is CC(N)C(C)C(=O)CCCC(F)(F)F. The summed E-state index contributed by atoms with van der Waals surface area (Å²) >= 11 is 0. The second kappa shape index (κ2) is 5.34. The average molecular weight is 211 g/mol. The Morgan fingerprint density at radius 3 is 2.21 bits per heavy atom. The summed E-state index contributed by atoms with van der Waals surface area (Å²) < 4.78 is 35.2. The lowest BCUT2D eigenvalue weighted by Crippen LogP contribution is -2.30. The molecule has 0 aliphatic rings. The molecule has 0 fully saturated rings. The molecule has 0 aromatic heterocycles. The number of alkyl halides is 3. The number of rotatable bonds is 5. The third-order valence-corrected chi connectivity index (χ3v) is 2.18. The fourth-order valence-corrected chi connectivity index (χ4v) is 0.984. The van der Waals surface area contributed by atoms with Gasteiger partial charge in [-0.05, 0) is 13.3 Å². The van der Waals surface area contributed by atoms with Gasteiger partial charge in [-0.25, -0.2) is 0 Å². The third-order valence-electron chi connectivity index (χ3n) is 2.18. The van der Waals surface area contributed by atoms with Crippen LogP contribution in [0.1, 0.15) is 33.1 Å². The highest BCUT2D eigenvalue weighted by Gasteiger charge is 2.27. The number of Topliss-reactive ketones (excluding diaryl/α,β-unsaturated/α-hetero) is 1. The van der Waals surface area contributed by atoms with E-state index in [0.29, 0.717) is 0 Å². The fraction of sp³-hybridized carbons (Fsp3) is 0.889. The van der Waals surface area contributed by atoms with E-state index >= 15 is 0 Å². The maximum Gasteiger partial charge on any atom is 0.389 e. The third kappa shape index (κ3) is 5.96. The van der Waals surface area contributed by atoms with Crippen molar-refractivity contribution in [1.29, 1.82) is 0 Å².